The molecule has 0 bridgehead atoms. The lowest BCUT2D eigenvalue weighted by atomic mass is 10.2. The van der Waals surface area contributed by atoms with Gasteiger partial charge in [0, 0.05) is 12.2 Å². The molecule has 0 atom stereocenters. The molecule has 0 unspecified atom stereocenters. The van der Waals surface area contributed by atoms with Crippen LogP contribution in [0.15, 0.2) is 24.4 Å². The number of rotatable bonds is 6. The van der Waals surface area contributed by atoms with E-state index in [1.54, 1.807) is 0 Å². The van der Waals surface area contributed by atoms with Crippen LogP contribution in [0.1, 0.15) is 33.1 Å². The third kappa shape index (κ3) is 7.17. The first-order valence-electron chi connectivity index (χ1n) is 4.22. The number of unbranched alkanes of at least 4 members (excludes halogenated alkanes) is 1. The molecule has 0 aromatic heterocycles. The Kier molecular flexibility index (Phi) is 5.63. The molecule has 0 aliphatic carbocycles. The predicted molar refractivity (Wildman–Crippen MR) is 51.5 cm³/mol. The fourth-order valence-corrected chi connectivity index (χ4v) is 0.754. The Morgan fingerprint density at radius 3 is 2.45 bits per heavy atom. The van der Waals surface area contributed by atoms with E-state index in [0.717, 1.165) is 24.2 Å². The molecule has 0 aromatic rings. The average molecular weight is 153 g/mol. The van der Waals surface area contributed by atoms with Crippen molar-refractivity contribution >= 4 is 0 Å². The van der Waals surface area contributed by atoms with Crippen LogP contribution in [0, 0.1) is 0 Å². The smallest absolute Gasteiger partial charge is 0.0351 e. The lowest BCUT2D eigenvalue weighted by molar-refractivity contribution is 0.725. The van der Waals surface area contributed by atoms with Crippen LogP contribution in [-0.2, 0) is 0 Å². The van der Waals surface area contributed by atoms with E-state index in [2.05, 4.69) is 25.4 Å². The molecule has 1 heteroatoms. The molecule has 0 rings (SSSR count). The molecule has 0 saturated carbocycles. The van der Waals surface area contributed by atoms with Gasteiger partial charge in [-0.25, -0.2) is 0 Å². The van der Waals surface area contributed by atoms with E-state index in [4.69, 9.17) is 0 Å². The topological polar surface area (TPSA) is 12.0 Å². The minimum Gasteiger partial charge on any atom is -0.385 e. The zero-order valence-corrected chi connectivity index (χ0v) is 7.74. The monoisotopic (exact) mass is 153 g/mol. The molecule has 0 heterocycles. The maximum atomic E-state index is 3.91. The van der Waals surface area contributed by atoms with Crippen molar-refractivity contribution in [2.75, 3.05) is 6.54 Å². The van der Waals surface area contributed by atoms with Gasteiger partial charge in [0.2, 0.25) is 0 Å². The molecular weight excluding hydrogens is 134 g/mol. The summed E-state index contributed by atoms with van der Waals surface area (Å²) in [6, 6.07) is 0. The highest BCUT2D eigenvalue weighted by Crippen LogP contribution is 2.01. The van der Waals surface area contributed by atoms with E-state index in [0.29, 0.717) is 0 Å². The van der Waals surface area contributed by atoms with E-state index < -0.39 is 0 Å². The van der Waals surface area contributed by atoms with Gasteiger partial charge in [-0.15, -0.1) is 0 Å². The van der Waals surface area contributed by atoms with Crippen molar-refractivity contribution in [2.45, 2.75) is 33.1 Å². The Balaban J connectivity index is 3.30. The number of hydrogen-bond donors (Lipinski definition) is 1. The van der Waals surface area contributed by atoms with Gasteiger partial charge in [-0.05, 0) is 19.8 Å². The summed E-state index contributed by atoms with van der Waals surface area (Å²) >= 11 is 0. The van der Waals surface area contributed by atoms with Crippen LogP contribution >= 0.6 is 0 Å². The fourth-order valence-electron chi connectivity index (χ4n) is 0.754. The van der Waals surface area contributed by atoms with Gasteiger partial charge >= 0.3 is 0 Å². The molecule has 64 valence electrons. The highest BCUT2D eigenvalue weighted by atomic mass is 14.9. The van der Waals surface area contributed by atoms with Crippen LogP contribution in [0.25, 0.3) is 0 Å². The van der Waals surface area contributed by atoms with Gasteiger partial charge in [-0.3, -0.25) is 0 Å². The van der Waals surface area contributed by atoms with Gasteiger partial charge in [0.15, 0.2) is 0 Å². The van der Waals surface area contributed by atoms with Crippen LogP contribution in [0.2, 0.25) is 0 Å². The quantitative estimate of drug-likeness (QED) is 0.578. The summed E-state index contributed by atoms with van der Waals surface area (Å²) in [5.41, 5.74) is 2.29. The third-order valence-electron chi connectivity index (χ3n) is 1.47. The predicted octanol–water partition coefficient (Wildman–Crippen LogP) is 2.86. The first-order chi connectivity index (χ1) is 5.16. The van der Waals surface area contributed by atoms with Gasteiger partial charge in [-0.1, -0.05) is 32.1 Å². The lowest BCUT2D eigenvalue weighted by Crippen LogP contribution is -2.14. The van der Waals surface area contributed by atoms with E-state index in [1.807, 2.05) is 6.92 Å². The maximum absolute atomic E-state index is 3.91. The van der Waals surface area contributed by atoms with Crippen LogP contribution < -0.4 is 5.32 Å². The molecule has 0 fully saturated rings. The van der Waals surface area contributed by atoms with Gasteiger partial charge in [0.05, 0.1) is 0 Å². The average Bonchev–Trinajstić information content (AvgIpc) is 1.97. The first-order valence-corrected chi connectivity index (χ1v) is 4.22. The molecule has 0 aliphatic heterocycles. The molecule has 0 spiro atoms. The molecule has 0 amide bonds. The van der Waals surface area contributed by atoms with E-state index in [-0.39, 0.29) is 0 Å². The molecule has 1 N–H and O–H groups in total. The standard InChI is InChI=1S/C10H19N/c1-5-6-7-10(4)11-8-9(2)3/h11H,2,4-8H2,1,3H3. The zero-order valence-electron chi connectivity index (χ0n) is 7.74. The van der Waals surface area contributed by atoms with Crippen LogP contribution in [-0.4, -0.2) is 6.54 Å². The third-order valence-corrected chi connectivity index (χ3v) is 1.47. The summed E-state index contributed by atoms with van der Waals surface area (Å²) in [7, 11) is 0. The van der Waals surface area contributed by atoms with Crippen molar-refractivity contribution in [3.05, 3.63) is 24.4 Å². The molecule has 1 nitrogen and oxygen atoms in total. The normalized spacial score (nSPS) is 9.27. The van der Waals surface area contributed by atoms with Gasteiger partial charge < -0.3 is 5.32 Å². The summed E-state index contributed by atoms with van der Waals surface area (Å²) in [6.45, 7) is 12.8. The summed E-state index contributed by atoms with van der Waals surface area (Å²) in [5.74, 6) is 0. The summed E-state index contributed by atoms with van der Waals surface area (Å²) in [4.78, 5) is 0. The Hall–Kier alpha value is -0.720. The Labute approximate surface area is 70.2 Å². The molecule has 11 heavy (non-hydrogen) atoms. The Morgan fingerprint density at radius 1 is 1.36 bits per heavy atom. The maximum Gasteiger partial charge on any atom is 0.0351 e. The molecule has 0 aliphatic rings. The second kappa shape index (κ2) is 6.02. The minimum atomic E-state index is 0.864. The number of allylic oxidation sites excluding steroid dienone is 1. The SMILES string of the molecule is C=C(C)CNC(=C)CCCC. The lowest BCUT2D eigenvalue weighted by Gasteiger charge is -2.07. The van der Waals surface area contributed by atoms with Crippen molar-refractivity contribution in [2.24, 2.45) is 0 Å². The second-order valence-corrected chi connectivity index (χ2v) is 3.02. The molecule has 0 radical (unpaired) electrons. The van der Waals surface area contributed by atoms with Crippen LogP contribution in [0.3, 0.4) is 0 Å². The fraction of sp³-hybridized carbons (Fsp3) is 0.600. The van der Waals surface area contributed by atoms with Gasteiger partial charge in [-0.2, -0.15) is 0 Å². The Bertz CT molecular complexity index is 136. The van der Waals surface area contributed by atoms with Crippen molar-refractivity contribution < 1.29 is 0 Å². The second-order valence-electron chi connectivity index (χ2n) is 3.02. The number of nitrogens with one attached hydrogen (secondary N) is 1. The van der Waals surface area contributed by atoms with E-state index >= 15 is 0 Å². The molecule has 0 aromatic carbocycles. The molecular formula is C10H19N. The Morgan fingerprint density at radius 2 is 2.00 bits per heavy atom. The van der Waals surface area contributed by atoms with Crippen molar-refractivity contribution in [1.82, 2.24) is 5.32 Å². The van der Waals surface area contributed by atoms with E-state index in [9.17, 15) is 0 Å². The summed E-state index contributed by atoms with van der Waals surface area (Å²) in [5, 5.41) is 3.22. The zero-order chi connectivity index (χ0) is 8.69. The van der Waals surface area contributed by atoms with Crippen molar-refractivity contribution in [3.63, 3.8) is 0 Å². The van der Waals surface area contributed by atoms with Crippen molar-refractivity contribution in [1.29, 1.82) is 0 Å². The van der Waals surface area contributed by atoms with E-state index in [1.165, 1.54) is 12.8 Å². The highest BCUT2D eigenvalue weighted by Gasteiger charge is 1.91. The summed E-state index contributed by atoms with van der Waals surface area (Å²) in [6.07, 6.45) is 3.54. The van der Waals surface area contributed by atoms with Crippen LogP contribution in [0.4, 0.5) is 0 Å². The largest absolute Gasteiger partial charge is 0.385 e. The molecule has 0 saturated heterocycles. The first kappa shape index (κ1) is 10.3. The van der Waals surface area contributed by atoms with Crippen LogP contribution in [0.5, 0.6) is 0 Å². The number of hydrogen-bond acceptors (Lipinski definition) is 1. The van der Waals surface area contributed by atoms with Gasteiger partial charge in [0.25, 0.3) is 0 Å². The van der Waals surface area contributed by atoms with Crippen molar-refractivity contribution in [3.8, 4) is 0 Å². The minimum absolute atomic E-state index is 0.864. The highest BCUT2D eigenvalue weighted by molar-refractivity contribution is 4.98. The summed E-state index contributed by atoms with van der Waals surface area (Å²) < 4.78 is 0. The van der Waals surface area contributed by atoms with Gasteiger partial charge in [0.1, 0.15) is 0 Å².